The average molecular weight is 275 g/mol. The molecule has 0 radical (unpaired) electrons. The summed E-state index contributed by atoms with van der Waals surface area (Å²) >= 11 is 0. The van der Waals surface area contributed by atoms with Gasteiger partial charge in [-0.25, -0.2) is 4.39 Å². The molecule has 106 valence electrons. The Morgan fingerprint density at radius 1 is 1.45 bits per heavy atom. The van der Waals surface area contributed by atoms with E-state index in [-0.39, 0.29) is 24.1 Å². The molecule has 20 heavy (non-hydrogen) atoms. The molecule has 1 aromatic rings. The highest BCUT2D eigenvalue weighted by atomic mass is 19.1. The standard InChI is InChI=1S/C16H18FNO2/c1-18(13-6-2-3-7-13)16(20)14-11-12(5-4-10-19)8-9-15(14)17/h8-9,11,13,19H,2-3,6-7,10H2,1H3. The molecule has 0 heterocycles. The van der Waals surface area contributed by atoms with Crippen molar-refractivity contribution in [3.63, 3.8) is 0 Å². The Bertz CT molecular complexity index is 553. The molecule has 1 aromatic carbocycles. The summed E-state index contributed by atoms with van der Waals surface area (Å²) in [5.41, 5.74) is 0.577. The zero-order valence-electron chi connectivity index (χ0n) is 11.5. The Morgan fingerprint density at radius 2 is 2.15 bits per heavy atom. The molecular weight excluding hydrogens is 257 g/mol. The maximum Gasteiger partial charge on any atom is 0.256 e. The normalized spacial score (nSPS) is 14.8. The maximum absolute atomic E-state index is 13.8. The minimum atomic E-state index is -0.533. The highest BCUT2D eigenvalue weighted by Gasteiger charge is 2.25. The third-order valence-electron chi connectivity index (χ3n) is 3.70. The summed E-state index contributed by atoms with van der Waals surface area (Å²) in [5, 5.41) is 8.67. The quantitative estimate of drug-likeness (QED) is 0.840. The third-order valence-corrected chi connectivity index (χ3v) is 3.70. The molecule has 1 aliphatic carbocycles. The van der Waals surface area contributed by atoms with Crippen LogP contribution in [0.3, 0.4) is 0 Å². The predicted octanol–water partition coefficient (Wildman–Crippen LogP) is 2.18. The van der Waals surface area contributed by atoms with Gasteiger partial charge in [0.2, 0.25) is 0 Å². The van der Waals surface area contributed by atoms with Gasteiger partial charge >= 0.3 is 0 Å². The molecule has 1 N–H and O–H groups in total. The Labute approximate surface area is 118 Å². The average Bonchev–Trinajstić information content (AvgIpc) is 2.99. The minimum Gasteiger partial charge on any atom is -0.384 e. The lowest BCUT2D eigenvalue weighted by Crippen LogP contribution is -2.35. The van der Waals surface area contributed by atoms with E-state index in [0.29, 0.717) is 5.56 Å². The third kappa shape index (κ3) is 3.17. The molecule has 3 nitrogen and oxygen atoms in total. The summed E-state index contributed by atoms with van der Waals surface area (Å²) in [4.78, 5) is 14.0. The fraction of sp³-hybridized carbons (Fsp3) is 0.438. The van der Waals surface area contributed by atoms with Crippen LogP contribution in [0.25, 0.3) is 0 Å². The summed E-state index contributed by atoms with van der Waals surface area (Å²) in [6, 6.07) is 4.40. The van der Waals surface area contributed by atoms with Crippen molar-refractivity contribution >= 4 is 5.91 Å². The molecule has 1 aliphatic rings. The number of carbonyl (C=O) groups excluding carboxylic acids is 1. The first-order valence-corrected chi connectivity index (χ1v) is 6.80. The largest absolute Gasteiger partial charge is 0.384 e. The molecule has 2 rings (SSSR count). The summed E-state index contributed by atoms with van der Waals surface area (Å²) in [6.07, 6.45) is 4.20. The van der Waals surface area contributed by atoms with Gasteiger partial charge in [0, 0.05) is 18.7 Å². The van der Waals surface area contributed by atoms with Gasteiger partial charge in [-0.05, 0) is 31.0 Å². The van der Waals surface area contributed by atoms with E-state index in [9.17, 15) is 9.18 Å². The zero-order valence-corrected chi connectivity index (χ0v) is 11.5. The molecule has 0 bridgehead atoms. The number of halogens is 1. The van der Waals surface area contributed by atoms with Crippen LogP contribution < -0.4 is 0 Å². The van der Waals surface area contributed by atoms with Crippen molar-refractivity contribution < 1.29 is 14.3 Å². The number of aliphatic hydroxyl groups is 1. The molecule has 1 saturated carbocycles. The van der Waals surface area contributed by atoms with E-state index in [1.165, 1.54) is 18.2 Å². The Morgan fingerprint density at radius 3 is 2.80 bits per heavy atom. The van der Waals surface area contributed by atoms with Gasteiger partial charge in [-0.3, -0.25) is 4.79 Å². The van der Waals surface area contributed by atoms with Crippen LogP contribution in [-0.2, 0) is 0 Å². The Balaban J connectivity index is 2.23. The van der Waals surface area contributed by atoms with Crippen LogP contribution in [-0.4, -0.2) is 35.6 Å². The van der Waals surface area contributed by atoms with Crippen LogP contribution in [0.5, 0.6) is 0 Å². The Kier molecular flexibility index (Phi) is 4.75. The molecule has 4 heteroatoms. The van der Waals surface area contributed by atoms with E-state index < -0.39 is 5.82 Å². The van der Waals surface area contributed by atoms with Crippen LogP contribution in [0.1, 0.15) is 41.6 Å². The molecule has 0 unspecified atom stereocenters. The Hall–Kier alpha value is -1.86. The van der Waals surface area contributed by atoms with E-state index in [1.807, 2.05) is 0 Å². The highest BCUT2D eigenvalue weighted by molar-refractivity contribution is 5.95. The van der Waals surface area contributed by atoms with E-state index in [1.54, 1.807) is 11.9 Å². The second kappa shape index (κ2) is 6.53. The summed E-state index contributed by atoms with van der Waals surface area (Å²) in [7, 11) is 1.73. The van der Waals surface area contributed by atoms with Gasteiger partial charge in [0.1, 0.15) is 12.4 Å². The van der Waals surface area contributed by atoms with Gasteiger partial charge in [-0.2, -0.15) is 0 Å². The van der Waals surface area contributed by atoms with Gasteiger partial charge in [0.05, 0.1) is 5.56 Å². The first-order valence-electron chi connectivity index (χ1n) is 6.80. The van der Waals surface area contributed by atoms with Gasteiger partial charge in [0.15, 0.2) is 0 Å². The van der Waals surface area contributed by atoms with Crippen molar-refractivity contribution in [3.8, 4) is 11.8 Å². The fourth-order valence-electron chi connectivity index (χ4n) is 2.56. The zero-order chi connectivity index (χ0) is 14.5. The van der Waals surface area contributed by atoms with E-state index in [4.69, 9.17) is 5.11 Å². The first-order chi connectivity index (χ1) is 9.63. The number of hydrogen-bond donors (Lipinski definition) is 1. The predicted molar refractivity (Wildman–Crippen MR) is 74.7 cm³/mol. The monoisotopic (exact) mass is 275 g/mol. The fourth-order valence-corrected chi connectivity index (χ4v) is 2.56. The number of carbonyl (C=O) groups is 1. The topological polar surface area (TPSA) is 40.5 Å². The van der Waals surface area contributed by atoms with Crippen molar-refractivity contribution in [2.24, 2.45) is 0 Å². The van der Waals surface area contributed by atoms with E-state index in [2.05, 4.69) is 11.8 Å². The minimum absolute atomic E-state index is 0.0455. The first kappa shape index (κ1) is 14.5. The lowest BCUT2D eigenvalue weighted by atomic mass is 10.1. The molecule has 0 saturated heterocycles. The van der Waals surface area contributed by atoms with Gasteiger partial charge in [-0.1, -0.05) is 24.7 Å². The van der Waals surface area contributed by atoms with E-state index in [0.717, 1.165) is 25.7 Å². The summed E-state index contributed by atoms with van der Waals surface area (Å²) in [6.45, 7) is -0.261. The van der Waals surface area contributed by atoms with Crippen LogP contribution in [0, 0.1) is 17.7 Å². The lowest BCUT2D eigenvalue weighted by Gasteiger charge is -2.24. The second-order valence-electron chi connectivity index (χ2n) is 5.01. The molecule has 0 aliphatic heterocycles. The number of hydrogen-bond acceptors (Lipinski definition) is 2. The number of aliphatic hydroxyl groups excluding tert-OH is 1. The summed E-state index contributed by atoms with van der Waals surface area (Å²) < 4.78 is 13.8. The smallest absolute Gasteiger partial charge is 0.256 e. The molecule has 0 aromatic heterocycles. The SMILES string of the molecule is CN(C(=O)c1cc(C#CCO)ccc1F)C1CCCC1. The second-order valence-corrected chi connectivity index (χ2v) is 5.01. The van der Waals surface area contributed by atoms with Crippen LogP contribution in [0.4, 0.5) is 4.39 Å². The van der Waals surface area contributed by atoms with Crippen molar-refractivity contribution in [2.45, 2.75) is 31.7 Å². The van der Waals surface area contributed by atoms with Crippen molar-refractivity contribution in [3.05, 3.63) is 35.1 Å². The van der Waals surface area contributed by atoms with Crippen molar-refractivity contribution in [2.75, 3.05) is 13.7 Å². The number of nitrogens with zero attached hydrogens (tertiary/aromatic N) is 1. The van der Waals surface area contributed by atoms with Crippen molar-refractivity contribution in [1.82, 2.24) is 4.90 Å². The van der Waals surface area contributed by atoms with Crippen LogP contribution in [0.2, 0.25) is 0 Å². The van der Waals surface area contributed by atoms with Crippen molar-refractivity contribution in [1.29, 1.82) is 0 Å². The maximum atomic E-state index is 13.8. The van der Waals surface area contributed by atoms with E-state index >= 15 is 0 Å². The molecule has 0 atom stereocenters. The molecule has 0 spiro atoms. The summed E-state index contributed by atoms with van der Waals surface area (Å²) in [5.74, 6) is 4.34. The molecule has 1 fully saturated rings. The molecular formula is C16H18FNO2. The number of amides is 1. The van der Waals surface area contributed by atoms with Gasteiger partial charge in [0.25, 0.3) is 5.91 Å². The molecule has 1 amide bonds. The van der Waals surface area contributed by atoms with Gasteiger partial charge < -0.3 is 10.0 Å². The van der Waals surface area contributed by atoms with Gasteiger partial charge in [-0.15, -0.1) is 0 Å². The van der Waals surface area contributed by atoms with Crippen LogP contribution >= 0.6 is 0 Å². The van der Waals surface area contributed by atoms with Crippen LogP contribution in [0.15, 0.2) is 18.2 Å². The number of rotatable bonds is 2. The highest BCUT2D eigenvalue weighted by Crippen LogP contribution is 2.24. The number of benzene rings is 1. The lowest BCUT2D eigenvalue weighted by molar-refractivity contribution is 0.0730.